The molecule has 14 atom stereocenters. The van der Waals surface area contributed by atoms with Crippen LogP contribution in [0.1, 0.15) is 190 Å². The van der Waals surface area contributed by atoms with Crippen LogP contribution in [0.25, 0.3) is 10.9 Å². The van der Waals surface area contributed by atoms with Gasteiger partial charge in [-0.1, -0.05) is 109 Å². The first-order valence-electron chi connectivity index (χ1n) is 39.9. The number of nitrogens with one attached hydrogen (secondary N) is 11. The highest BCUT2D eigenvalue weighted by Gasteiger charge is 2.41. The molecule has 0 bridgehead atoms. The molecule has 650 valence electrons. The van der Waals surface area contributed by atoms with Crippen LogP contribution in [-0.2, 0) is 89.5 Å². The molecule has 1 aromatic heterocycles. The van der Waals surface area contributed by atoms with Gasteiger partial charge in [-0.3, -0.25) is 62.3 Å². The summed E-state index contributed by atoms with van der Waals surface area (Å²) in [4.78, 5) is 221. The van der Waals surface area contributed by atoms with Crippen molar-refractivity contribution in [3.05, 3.63) is 71.9 Å². The number of aliphatic hydroxyl groups excluding tert-OH is 3. The van der Waals surface area contributed by atoms with Gasteiger partial charge >= 0.3 is 18.0 Å². The molecule has 2 aromatic carbocycles. The summed E-state index contributed by atoms with van der Waals surface area (Å²) in [6, 6.07) is -0.861. The molecule has 0 saturated carbocycles. The van der Waals surface area contributed by atoms with E-state index >= 15 is 0 Å². The van der Waals surface area contributed by atoms with E-state index in [4.69, 9.17) is 16.2 Å². The van der Waals surface area contributed by atoms with Crippen LogP contribution in [-0.4, -0.2) is 246 Å². The highest BCUT2D eigenvalue weighted by atomic mass is 16.6. The minimum Gasteiger partial charge on any atom is -0.480 e. The zero-order valence-electron chi connectivity index (χ0n) is 68.8. The van der Waals surface area contributed by atoms with E-state index in [0.717, 1.165) is 17.8 Å². The molecule has 0 unspecified atom stereocenters. The lowest BCUT2D eigenvalue weighted by Crippen LogP contribution is -2.62. The van der Waals surface area contributed by atoms with Crippen LogP contribution in [0.2, 0.25) is 0 Å². The zero-order chi connectivity index (χ0) is 87.6. The van der Waals surface area contributed by atoms with Crippen molar-refractivity contribution < 1.29 is 107 Å². The van der Waals surface area contributed by atoms with Crippen LogP contribution in [0, 0.1) is 17.8 Å². The number of amides is 14. The molecule has 1 aliphatic rings. The number of likely N-dealkylation sites (tertiary alicyclic amines) is 1. The standard InChI is InChI=1S/C80H123N15O22/c1-12-46(6)65(74(109)93-67(48(8)98)76(111)88-55(38-45(4)5)70(105)90-58(78(114)115)40-50-42-83-52-28-21-20-27-51(50)52)91-68(103)53(32-33-61(81)99)85-73(108)60-29-24-36-95(60)64(102)31-19-15-23-35-94(79(116)117-80(9,10)11)34-22-14-18-30-63(101)84-59(43-96)72(107)92-66(47(7)97)75(110)87-54(37-44(2)3)69(104)86-56(41-62(82)100)71(106)89-57(77(112)113)39-49-25-16-13-17-26-49/h13,16-17,20-21,25-28,42,44-48,53-60,65-67,83,96-98H,12,14-15,18-19,22-24,29-41,43H2,1-11H3,(H2,81,99)(H2,82,100)(H,84,101)(H,85,108)(H,86,104)(H,87,110)(H,88,111)(H,89,106)(H,90,105)(H,91,103)(H,92,107)(H,93,109)(H,112,113)(H,114,115)/t46-,47+,48+,53-,54-,55-,56-,57-,58-,59-,60-,65-,66-,67-/m0/s1. The minimum atomic E-state index is -1.78. The summed E-state index contributed by atoms with van der Waals surface area (Å²) < 4.78 is 5.68. The number of carboxylic acid groups (broad SMARTS) is 2. The van der Waals surface area contributed by atoms with Gasteiger partial charge in [-0.2, -0.15) is 0 Å². The Morgan fingerprint density at radius 1 is 0.538 bits per heavy atom. The molecular weight excluding hydrogens is 1520 g/mol. The number of rotatable bonds is 51. The molecule has 1 aliphatic heterocycles. The fourth-order valence-corrected chi connectivity index (χ4v) is 13.1. The number of carbonyl (C=O) groups excluding carboxylic acids is 14. The van der Waals surface area contributed by atoms with Crippen molar-refractivity contribution in [3.8, 4) is 0 Å². The Kier molecular flexibility index (Phi) is 41.0. The topological polar surface area (TPSA) is 578 Å². The number of hydrogen-bond donors (Lipinski definition) is 18. The van der Waals surface area contributed by atoms with E-state index in [1.54, 1.807) is 111 Å². The van der Waals surface area contributed by atoms with E-state index < -0.39 is 192 Å². The Morgan fingerprint density at radius 2 is 1.02 bits per heavy atom. The highest BCUT2D eigenvalue weighted by molar-refractivity contribution is 6.00. The summed E-state index contributed by atoms with van der Waals surface area (Å²) in [6.45, 7) is 17.4. The number of aromatic nitrogens is 1. The average molecular weight is 1650 g/mol. The van der Waals surface area contributed by atoms with Gasteiger partial charge in [0, 0.05) is 68.8 Å². The summed E-state index contributed by atoms with van der Waals surface area (Å²) in [5.74, 6) is -15.4. The van der Waals surface area contributed by atoms with E-state index in [1.165, 1.54) is 16.7 Å². The number of ether oxygens (including phenoxy) is 1. The van der Waals surface area contributed by atoms with Crippen LogP contribution in [0.5, 0.6) is 0 Å². The molecule has 37 heteroatoms. The average Bonchev–Trinajstić information content (AvgIpc) is 1.72. The molecule has 1 saturated heterocycles. The Hall–Kier alpha value is -10.8. The Morgan fingerprint density at radius 3 is 1.53 bits per heavy atom. The van der Waals surface area contributed by atoms with Gasteiger partial charge in [0.15, 0.2) is 0 Å². The van der Waals surface area contributed by atoms with Crippen molar-refractivity contribution in [2.24, 2.45) is 29.2 Å². The SMILES string of the molecule is CC[C@H](C)[C@H](NC(=O)[C@H](CCC(N)=O)NC(=O)[C@@H]1CCCN1C(=O)CCCCCN(CCCCCC(=O)N[C@@H](CO)C(=O)N[C@H](C(=O)N[C@@H](CC(C)C)C(=O)N[C@@H](CC(N)=O)C(=O)N[C@@H](Cc1ccccc1)C(=O)O)[C@@H](C)O)C(=O)OC(C)(C)C)C(=O)N[C@H](C(=O)N[C@@H](CC(C)C)C(=O)N[C@@H](Cc1c[nH]c2ccccc12)C(=O)O)[C@@H](C)O. The molecule has 3 aromatic rings. The van der Waals surface area contributed by atoms with Crippen LogP contribution in [0.15, 0.2) is 60.8 Å². The van der Waals surface area contributed by atoms with E-state index in [-0.39, 0.29) is 108 Å². The van der Waals surface area contributed by atoms with Crippen molar-refractivity contribution in [1.29, 1.82) is 0 Å². The molecule has 0 spiro atoms. The van der Waals surface area contributed by atoms with Crippen molar-refractivity contribution >= 4 is 106 Å². The summed E-state index contributed by atoms with van der Waals surface area (Å²) in [7, 11) is 0. The third-order valence-corrected chi connectivity index (χ3v) is 19.6. The zero-order valence-corrected chi connectivity index (χ0v) is 68.8. The molecule has 14 amide bonds. The summed E-state index contributed by atoms with van der Waals surface area (Å²) >= 11 is 0. The van der Waals surface area contributed by atoms with E-state index in [0.29, 0.717) is 49.7 Å². The predicted molar refractivity (Wildman–Crippen MR) is 427 cm³/mol. The molecule has 0 radical (unpaired) electrons. The lowest BCUT2D eigenvalue weighted by atomic mass is 9.96. The number of nitrogens with two attached hydrogens (primary N) is 2. The smallest absolute Gasteiger partial charge is 0.410 e. The van der Waals surface area contributed by atoms with Crippen molar-refractivity contribution in [2.75, 3.05) is 26.2 Å². The first kappa shape index (κ1) is 98.5. The number of carbonyl (C=O) groups is 16. The number of benzene rings is 2. The normalized spacial score (nSPS) is 16.1. The number of aliphatic carboxylic acids is 2. The Bertz CT molecular complexity index is 3870. The van der Waals surface area contributed by atoms with Crippen LogP contribution >= 0.6 is 0 Å². The number of hydrogen-bond acceptors (Lipinski definition) is 20. The third-order valence-electron chi connectivity index (χ3n) is 19.6. The first-order chi connectivity index (χ1) is 55.0. The van der Waals surface area contributed by atoms with Crippen LogP contribution in [0.3, 0.4) is 0 Å². The predicted octanol–water partition coefficient (Wildman–Crippen LogP) is 0.352. The quantitative estimate of drug-likeness (QED) is 0.0339. The maximum atomic E-state index is 14.3. The number of unbranched alkanes of at least 4 members (excludes halogenated alkanes) is 4. The molecule has 1 fully saturated rings. The van der Waals surface area contributed by atoms with Gasteiger partial charge in [0.05, 0.1) is 25.2 Å². The molecule has 37 nitrogen and oxygen atoms in total. The molecule has 117 heavy (non-hydrogen) atoms. The summed E-state index contributed by atoms with van der Waals surface area (Å²) in [5, 5.41) is 77.4. The lowest BCUT2D eigenvalue weighted by molar-refractivity contribution is -0.143. The number of primary amides is 2. The number of fused-ring (bicyclic) bond motifs is 1. The van der Waals surface area contributed by atoms with E-state index in [9.17, 15) is 102 Å². The third kappa shape index (κ3) is 34.1. The molecular formula is C80H123N15O22. The fourth-order valence-electron chi connectivity index (χ4n) is 13.1. The molecule has 2 heterocycles. The van der Waals surface area contributed by atoms with Crippen molar-refractivity contribution in [1.82, 2.24) is 68.0 Å². The maximum Gasteiger partial charge on any atom is 0.410 e. The van der Waals surface area contributed by atoms with Gasteiger partial charge in [0.25, 0.3) is 0 Å². The second-order valence-corrected chi connectivity index (χ2v) is 31.7. The fraction of sp³-hybridized carbons (Fsp3) is 0.625. The number of nitrogens with zero attached hydrogens (tertiary/aromatic N) is 2. The number of carboxylic acids is 2. The van der Waals surface area contributed by atoms with Gasteiger partial charge < -0.3 is 110 Å². The first-order valence-corrected chi connectivity index (χ1v) is 39.9. The van der Waals surface area contributed by atoms with Gasteiger partial charge in [0.2, 0.25) is 76.8 Å². The monoisotopic (exact) mass is 1650 g/mol. The largest absolute Gasteiger partial charge is 0.480 e. The second kappa shape index (κ2) is 48.7. The lowest BCUT2D eigenvalue weighted by Gasteiger charge is -2.30. The summed E-state index contributed by atoms with van der Waals surface area (Å²) in [6.07, 6.45) is -0.916. The van der Waals surface area contributed by atoms with E-state index in [1.807, 2.05) is 12.1 Å². The molecule has 20 N–H and O–H groups in total. The Labute approximate surface area is 681 Å². The Balaban J connectivity index is 1.31. The second-order valence-electron chi connectivity index (χ2n) is 31.7. The van der Waals surface area contributed by atoms with Gasteiger partial charge in [-0.25, -0.2) is 14.4 Å². The van der Waals surface area contributed by atoms with Gasteiger partial charge in [-0.15, -0.1) is 0 Å². The molecule has 4 rings (SSSR count). The van der Waals surface area contributed by atoms with Crippen molar-refractivity contribution in [3.63, 3.8) is 0 Å². The van der Waals surface area contributed by atoms with E-state index in [2.05, 4.69) is 58.2 Å². The van der Waals surface area contributed by atoms with Crippen LogP contribution in [0.4, 0.5) is 4.79 Å². The molecule has 0 aliphatic carbocycles. The van der Waals surface area contributed by atoms with Gasteiger partial charge in [0.1, 0.15) is 72.1 Å². The number of para-hydroxylation sites is 1. The minimum absolute atomic E-state index is 0.00195. The number of H-pyrrole nitrogens is 1. The maximum absolute atomic E-state index is 14.3. The summed E-state index contributed by atoms with van der Waals surface area (Å²) in [5.41, 5.74) is 12.0. The van der Waals surface area contributed by atoms with Gasteiger partial charge in [-0.05, 0) is 127 Å². The number of aliphatic hydroxyl groups is 3. The number of aromatic amines is 1. The highest BCUT2D eigenvalue weighted by Crippen LogP contribution is 2.24. The van der Waals surface area contributed by atoms with Crippen LogP contribution < -0.4 is 64.6 Å². The van der Waals surface area contributed by atoms with Crippen molar-refractivity contribution in [2.45, 2.75) is 276 Å².